The molecule has 4 heteroatoms. The number of allylic oxidation sites excluding steroid dienone is 1. The fourth-order valence-corrected chi connectivity index (χ4v) is 1.63. The van der Waals surface area contributed by atoms with Crippen LogP contribution in [0.4, 0.5) is 0 Å². The number of nitroso groups, excluding NO2 is 1. The molecule has 0 spiro atoms. The standard InChI is InChI=1S/C11H19N2O2/c1-10(2)7-9(5-6-14)11(3,4)13(15)12-8-10/h7-8,14H,5-6H2,1-4H3/q+1. The van der Waals surface area contributed by atoms with Crippen molar-refractivity contribution in [2.24, 2.45) is 10.5 Å². The quantitative estimate of drug-likeness (QED) is 0.560. The van der Waals surface area contributed by atoms with E-state index in [2.05, 4.69) is 5.10 Å². The minimum atomic E-state index is -0.674. The number of hydrogen-bond donors (Lipinski definition) is 1. The van der Waals surface area contributed by atoms with Crippen molar-refractivity contribution < 1.29 is 9.98 Å². The van der Waals surface area contributed by atoms with Gasteiger partial charge in [0.25, 0.3) is 5.54 Å². The molecule has 0 radical (unpaired) electrons. The zero-order valence-electron chi connectivity index (χ0n) is 9.82. The van der Waals surface area contributed by atoms with Crippen molar-refractivity contribution in [3.8, 4) is 0 Å². The lowest BCUT2D eigenvalue weighted by molar-refractivity contribution is -0.615. The van der Waals surface area contributed by atoms with Crippen LogP contribution in [0, 0.1) is 10.3 Å². The van der Waals surface area contributed by atoms with Crippen LogP contribution in [0.1, 0.15) is 34.1 Å². The van der Waals surface area contributed by atoms with Crippen LogP contribution in [0.25, 0.3) is 0 Å². The van der Waals surface area contributed by atoms with Gasteiger partial charge in [-0.05, 0) is 6.42 Å². The zero-order valence-corrected chi connectivity index (χ0v) is 9.82. The SMILES string of the molecule is CC1(C)C=N[N+](=O)C(C)(C)C(CCO)=C1. The monoisotopic (exact) mass is 211 g/mol. The fraction of sp³-hybridized carbons (Fsp3) is 0.727. The molecule has 1 aliphatic rings. The van der Waals surface area contributed by atoms with Gasteiger partial charge >= 0.3 is 0 Å². The molecule has 0 saturated carbocycles. The molecule has 0 fully saturated rings. The maximum Gasteiger partial charge on any atom is 0.261 e. The van der Waals surface area contributed by atoms with E-state index < -0.39 is 5.54 Å². The molecule has 1 N–H and O–H groups in total. The van der Waals surface area contributed by atoms with E-state index in [-0.39, 0.29) is 12.0 Å². The molecule has 0 bridgehead atoms. The average Bonchev–Trinajstić information content (AvgIpc) is 2.18. The van der Waals surface area contributed by atoms with E-state index in [1.807, 2.05) is 33.8 Å². The number of hydrazone groups is 1. The Morgan fingerprint density at radius 2 is 2.00 bits per heavy atom. The zero-order chi connectivity index (χ0) is 11.7. The lowest BCUT2D eigenvalue weighted by Crippen LogP contribution is -2.33. The Morgan fingerprint density at radius 3 is 2.53 bits per heavy atom. The summed E-state index contributed by atoms with van der Waals surface area (Å²) in [5.41, 5.74) is 0.0241. The molecular formula is C11H19N2O2+. The van der Waals surface area contributed by atoms with Crippen LogP contribution in [0.15, 0.2) is 16.8 Å². The Labute approximate surface area is 90.3 Å². The van der Waals surface area contributed by atoms with Gasteiger partial charge in [0.1, 0.15) is 0 Å². The summed E-state index contributed by atoms with van der Waals surface area (Å²) in [4.78, 5) is 12.4. The number of nitrogens with zero attached hydrogens (tertiary/aromatic N) is 2. The highest BCUT2D eigenvalue weighted by atomic mass is 16.3. The summed E-state index contributed by atoms with van der Waals surface area (Å²) in [7, 11) is 0. The Kier molecular flexibility index (Phi) is 3.09. The molecule has 15 heavy (non-hydrogen) atoms. The highest BCUT2D eigenvalue weighted by molar-refractivity contribution is 5.67. The van der Waals surface area contributed by atoms with E-state index in [0.29, 0.717) is 11.3 Å². The van der Waals surface area contributed by atoms with Crippen molar-refractivity contribution in [3.63, 3.8) is 0 Å². The molecule has 0 aromatic rings. The van der Waals surface area contributed by atoms with E-state index in [1.165, 1.54) is 0 Å². The summed E-state index contributed by atoms with van der Waals surface area (Å²) in [6.45, 7) is 7.67. The molecule has 0 amide bonds. The second-order valence-corrected chi connectivity index (χ2v) is 5.04. The van der Waals surface area contributed by atoms with Gasteiger partial charge in [0.2, 0.25) is 0 Å². The molecule has 0 unspecified atom stereocenters. The topological polar surface area (TPSA) is 52.7 Å². The van der Waals surface area contributed by atoms with Gasteiger partial charge in [-0.15, -0.1) is 0 Å². The largest absolute Gasteiger partial charge is 0.396 e. The molecule has 1 rings (SSSR count). The van der Waals surface area contributed by atoms with Crippen molar-refractivity contribution in [2.75, 3.05) is 6.61 Å². The lowest BCUT2D eigenvalue weighted by Gasteiger charge is -2.17. The smallest absolute Gasteiger partial charge is 0.261 e. The Balaban J connectivity index is 3.18. The molecule has 0 aromatic heterocycles. The Morgan fingerprint density at radius 1 is 1.40 bits per heavy atom. The summed E-state index contributed by atoms with van der Waals surface area (Å²) in [6, 6.07) is 0. The van der Waals surface area contributed by atoms with Crippen LogP contribution >= 0.6 is 0 Å². The van der Waals surface area contributed by atoms with E-state index in [4.69, 9.17) is 5.11 Å². The number of aliphatic hydroxyl groups excluding tert-OH is 1. The first kappa shape index (κ1) is 12.0. The van der Waals surface area contributed by atoms with Crippen LogP contribution in [0.3, 0.4) is 0 Å². The molecule has 84 valence electrons. The lowest BCUT2D eigenvalue weighted by atomic mass is 9.85. The molecular weight excluding hydrogens is 192 g/mol. The first-order valence-corrected chi connectivity index (χ1v) is 5.15. The van der Waals surface area contributed by atoms with Crippen LogP contribution in [-0.2, 0) is 0 Å². The van der Waals surface area contributed by atoms with Gasteiger partial charge in [0, 0.05) is 36.5 Å². The van der Waals surface area contributed by atoms with Gasteiger partial charge in [-0.2, -0.15) is 0 Å². The molecule has 0 aromatic carbocycles. The van der Waals surface area contributed by atoms with Gasteiger partial charge < -0.3 is 5.11 Å². The number of aliphatic hydroxyl groups is 1. The third-order valence-electron chi connectivity index (χ3n) is 2.69. The Hall–Kier alpha value is -1.03. The van der Waals surface area contributed by atoms with Crippen LogP contribution < -0.4 is 0 Å². The number of rotatable bonds is 2. The fourth-order valence-electron chi connectivity index (χ4n) is 1.63. The highest BCUT2D eigenvalue weighted by Crippen LogP contribution is 2.31. The molecule has 0 aliphatic carbocycles. The number of hydrogen-bond acceptors (Lipinski definition) is 2. The minimum Gasteiger partial charge on any atom is -0.396 e. The first-order valence-electron chi connectivity index (χ1n) is 5.15. The van der Waals surface area contributed by atoms with Crippen molar-refractivity contribution in [1.82, 2.24) is 0 Å². The molecule has 0 atom stereocenters. The highest BCUT2D eigenvalue weighted by Gasteiger charge is 2.42. The van der Waals surface area contributed by atoms with Crippen LogP contribution in [0.5, 0.6) is 0 Å². The second-order valence-electron chi connectivity index (χ2n) is 5.04. The Bertz CT molecular complexity index is 327. The van der Waals surface area contributed by atoms with E-state index in [9.17, 15) is 4.91 Å². The van der Waals surface area contributed by atoms with Crippen molar-refractivity contribution >= 4 is 6.21 Å². The molecule has 1 aliphatic heterocycles. The summed E-state index contributed by atoms with van der Waals surface area (Å²) in [6.07, 6.45) is 4.18. The maximum atomic E-state index is 11.7. The summed E-state index contributed by atoms with van der Waals surface area (Å²) >= 11 is 0. The normalized spacial score (nSPS) is 23.5. The van der Waals surface area contributed by atoms with Gasteiger partial charge in [0.05, 0.1) is 11.1 Å². The summed E-state index contributed by atoms with van der Waals surface area (Å²) in [5, 5.41) is 12.9. The summed E-state index contributed by atoms with van der Waals surface area (Å²) < 4.78 is 0. The second kappa shape index (κ2) is 3.85. The molecule has 1 heterocycles. The van der Waals surface area contributed by atoms with Crippen molar-refractivity contribution in [3.05, 3.63) is 16.6 Å². The van der Waals surface area contributed by atoms with Crippen LogP contribution in [0.2, 0.25) is 0 Å². The summed E-state index contributed by atoms with van der Waals surface area (Å²) in [5.74, 6) is 0. The third-order valence-corrected chi connectivity index (χ3v) is 2.69. The van der Waals surface area contributed by atoms with Gasteiger partial charge in [-0.1, -0.05) is 19.9 Å². The van der Waals surface area contributed by atoms with Gasteiger partial charge in [-0.25, -0.2) is 0 Å². The average molecular weight is 211 g/mol. The van der Waals surface area contributed by atoms with Gasteiger partial charge in [-0.3, -0.25) is 0 Å². The van der Waals surface area contributed by atoms with Crippen molar-refractivity contribution in [1.29, 1.82) is 0 Å². The third kappa shape index (κ3) is 2.50. The van der Waals surface area contributed by atoms with E-state index in [0.717, 1.165) is 5.57 Å². The molecule has 0 saturated heterocycles. The molecule has 4 nitrogen and oxygen atoms in total. The minimum absolute atomic E-state index is 0.0547. The van der Waals surface area contributed by atoms with Crippen LogP contribution in [-0.4, -0.2) is 28.3 Å². The predicted octanol–water partition coefficient (Wildman–Crippen LogP) is 1.88. The maximum absolute atomic E-state index is 11.7. The van der Waals surface area contributed by atoms with Crippen molar-refractivity contribution in [2.45, 2.75) is 39.7 Å². The van der Waals surface area contributed by atoms with E-state index in [1.54, 1.807) is 6.21 Å². The van der Waals surface area contributed by atoms with Gasteiger partial charge in [0.15, 0.2) is 4.87 Å². The van der Waals surface area contributed by atoms with E-state index >= 15 is 0 Å². The first-order chi connectivity index (χ1) is 6.79. The predicted molar refractivity (Wildman–Crippen MR) is 59.8 cm³/mol.